The van der Waals surface area contributed by atoms with Crippen LogP contribution in [0, 0.1) is 6.92 Å². The number of amides is 1. The van der Waals surface area contributed by atoms with Crippen LogP contribution in [0.3, 0.4) is 0 Å². The maximum Gasteiger partial charge on any atom is 0.257 e. The first-order chi connectivity index (χ1) is 14.9. The average molecular weight is 440 g/mol. The lowest BCUT2D eigenvalue weighted by molar-refractivity contribution is 0.0725. The van der Waals surface area contributed by atoms with Gasteiger partial charge in [0.1, 0.15) is 5.75 Å². The van der Waals surface area contributed by atoms with E-state index in [1.165, 1.54) is 0 Å². The molecule has 0 radical (unpaired) electrons. The van der Waals surface area contributed by atoms with Crippen LogP contribution in [0.4, 0.5) is 0 Å². The maximum atomic E-state index is 13.1. The molecule has 0 bridgehead atoms. The molecule has 0 saturated carbocycles. The second-order valence-electron chi connectivity index (χ2n) is 7.60. The summed E-state index contributed by atoms with van der Waals surface area (Å²) in [5, 5.41) is 3.87. The predicted octanol–water partition coefficient (Wildman–Crippen LogP) is 3.27. The number of rotatable bonds is 5. The lowest BCUT2D eigenvalue weighted by Gasteiger charge is -2.31. The van der Waals surface area contributed by atoms with Gasteiger partial charge in [-0.1, -0.05) is 18.2 Å². The van der Waals surface area contributed by atoms with E-state index in [1.54, 1.807) is 47.2 Å². The van der Waals surface area contributed by atoms with Crippen LogP contribution in [0.25, 0.3) is 5.69 Å². The maximum absolute atomic E-state index is 13.1. The second-order valence-corrected chi connectivity index (χ2v) is 9.83. The number of aromatic nitrogens is 2. The Bertz CT molecular complexity index is 1160. The number of carbonyl (C=O) groups excluding carboxylic acids is 1. The van der Waals surface area contributed by atoms with Crippen LogP contribution < -0.4 is 4.74 Å². The highest BCUT2D eigenvalue weighted by molar-refractivity contribution is 7.92. The molecule has 1 aliphatic rings. The zero-order valence-corrected chi connectivity index (χ0v) is 18.4. The minimum absolute atomic E-state index is 0.111. The van der Waals surface area contributed by atoms with Gasteiger partial charge >= 0.3 is 0 Å². The van der Waals surface area contributed by atoms with Crippen LogP contribution in [-0.4, -0.2) is 54.5 Å². The summed E-state index contributed by atoms with van der Waals surface area (Å²) in [5.74, 6) is 0.505. The van der Waals surface area contributed by atoms with Gasteiger partial charge in [0.15, 0.2) is 9.84 Å². The molecule has 0 atom stereocenters. The third-order valence-corrected chi connectivity index (χ3v) is 8.08. The van der Waals surface area contributed by atoms with Crippen molar-refractivity contribution in [2.75, 3.05) is 20.2 Å². The standard InChI is InChI=1S/C23H25N3O4S/c1-17-22(16-24-26(17)18-6-4-3-5-7-18)23(27)25-14-12-21(13-15-25)31(28,29)20-10-8-19(30-2)9-11-20/h3-11,16,21H,12-15H2,1-2H3. The molecule has 2 heterocycles. The molecule has 2 aromatic carbocycles. The highest BCUT2D eigenvalue weighted by Gasteiger charge is 2.33. The highest BCUT2D eigenvalue weighted by atomic mass is 32.2. The van der Waals surface area contributed by atoms with Crippen molar-refractivity contribution in [3.8, 4) is 11.4 Å². The Labute approximate surface area is 182 Å². The van der Waals surface area contributed by atoms with Crippen LogP contribution >= 0.6 is 0 Å². The van der Waals surface area contributed by atoms with Gasteiger partial charge < -0.3 is 9.64 Å². The lowest BCUT2D eigenvalue weighted by Crippen LogP contribution is -2.42. The van der Waals surface area contributed by atoms with Gasteiger partial charge in [0.05, 0.1) is 40.4 Å². The van der Waals surface area contributed by atoms with E-state index in [1.807, 2.05) is 37.3 Å². The summed E-state index contributed by atoms with van der Waals surface area (Å²) in [5.41, 5.74) is 2.20. The quantitative estimate of drug-likeness (QED) is 0.610. The number of ether oxygens (including phenoxy) is 1. The SMILES string of the molecule is COc1ccc(S(=O)(=O)C2CCN(C(=O)c3cnn(-c4ccccc4)c3C)CC2)cc1. The summed E-state index contributed by atoms with van der Waals surface area (Å²) in [6.07, 6.45) is 2.41. The molecular formula is C23H25N3O4S. The van der Waals surface area contributed by atoms with Crippen molar-refractivity contribution in [1.82, 2.24) is 14.7 Å². The fourth-order valence-corrected chi connectivity index (χ4v) is 5.68. The molecule has 162 valence electrons. The number of carbonyl (C=O) groups is 1. The number of benzene rings is 2. The van der Waals surface area contributed by atoms with E-state index in [2.05, 4.69) is 5.10 Å². The summed E-state index contributed by atoms with van der Waals surface area (Å²) < 4.78 is 32.8. The number of likely N-dealkylation sites (tertiary alicyclic amines) is 1. The first-order valence-electron chi connectivity index (χ1n) is 10.2. The van der Waals surface area contributed by atoms with E-state index in [0.717, 1.165) is 11.4 Å². The Kier molecular flexibility index (Phi) is 5.82. The lowest BCUT2D eigenvalue weighted by atomic mass is 10.1. The van der Waals surface area contributed by atoms with Crippen molar-refractivity contribution in [3.63, 3.8) is 0 Å². The molecule has 4 rings (SSSR count). The molecule has 8 heteroatoms. The van der Waals surface area contributed by atoms with Crippen molar-refractivity contribution < 1.29 is 17.9 Å². The first-order valence-corrected chi connectivity index (χ1v) is 11.7. The van der Waals surface area contributed by atoms with Gasteiger partial charge in [-0.15, -0.1) is 0 Å². The van der Waals surface area contributed by atoms with Crippen molar-refractivity contribution in [2.24, 2.45) is 0 Å². The molecule has 3 aromatic rings. The Morgan fingerprint density at radius 1 is 1.03 bits per heavy atom. The summed E-state index contributed by atoms with van der Waals surface area (Å²) in [4.78, 5) is 15.1. The highest BCUT2D eigenvalue weighted by Crippen LogP contribution is 2.27. The average Bonchev–Trinajstić information content (AvgIpc) is 3.20. The van der Waals surface area contributed by atoms with E-state index in [0.29, 0.717) is 37.2 Å². The number of para-hydroxylation sites is 1. The van der Waals surface area contributed by atoms with Crippen molar-refractivity contribution >= 4 is 15.7 Å². The van der Waals surface area contributed by atoms with E-state index in [-0.39, 0.29) is 10.8 Å². The van der Waals surface area contributed by atoms with E-state index in [4.69, 9.17) is 4.74 Å². The van der Waals surface area contributed by atoms with Gasteiger partial charge in [-0.3, -0.25) is 4.79 Å². The van der Waals surface area contributed by atoms with Crippen LogP contribution in [-0.2, 0) is 9.84 Å². The molecule has 0 N–H and O–H groups in total. The Balaban J connectivity index is 1.45. The van der Waals surface area contributed by atoms with Crippen molar-refractivity contribution in [3.05, 3.63) is 72.1 Å². The third-order valence-electron chi connectivity index (χ3n) is 5.80. The Morgan fingerprint density at radius 3 is 2.29 bits per heavy atom. The van der Waals surface area contributed by atoms with Crippen LogP contribution in [0.1, 0.15) is 28.9 Å². The molecule has 0 aliphatic carbocycles. The summed E-state index contributed by atoms with van der Waals surface area (Å²) in [7, 11) is -1.91. The Morgan fingerprint density at radius 2 is 1.68 bits per heavy atom. The van der Waals surface area contributed by atoms with Gasteiger partial charge in [-0.2, -0.15) is 5.10 Å². The molecule has 0 spiro atoms. The van der Waals surface area contributed by atoms with Crippen LogP contribution in [0.15, 0.2) is 65.7 Å². The topological polar surface area (TPSA) is 81.5 Å². The number of sulfone groups is 1. The van der Waals surface area contributed by atoms with Gasteiger partial charge in [-0.25, -0.2) is 13.1 Å². The van der Waals surface area contributed by atoms with Crippen LogP contribution in [0.5, 0.6) is 5.75 Å². The predicted molar refractivity (Wildman–Crippen MR) is 117 cm³/mol. The summed E-state index contributed by atoms with van der Waals surface area (Å²) >= 11 is 0. The molecule has 1 amide bonds. The number of hydrogen-bond acceptors (Lipinski definition) is 5. The van der Waals surface area contributed by atoms with Crippen LogP contribution in [0.2, 0.25) is 0 Å². The number of piperidine rings is 1. The van der Waals surface area contributed by atoms with Gasteiger partial charge in [0.2, 0.25) is 0 Å². The van der Waals surface area contributed by atoms with Gasteiger partial charge in [0, 0.05) is 13.1 Å². The van der Waals surface area contributed by atoms with Crippen molar-refractivity contribution in [1.29, 1.82) is 0 Å². The molecule has 1 fully saturated rings. The van der Waals surface area contributed by atoms with Gasteiger partial charge in [-0.05, 0) is 56.2 Å². The number of methoxy groups -OCH3 is 1. The number of hydrogen-bond donors (Lipinski definition) is 0. The minimum atomic E-state index is -3.45. The second kappa shape index (κ2) is 8.55. The molecule has 7 nitrogen and oxygen atoms in total. The molecule has 1 aromatic heterocycles. The molecule has 31 heavy (non-hydrogen) atoms. The monoisotopic (exact) mass is 439 g/mol. The van der Waals surface area contributed by atoms with Gasteiger partial charge in [0.25, 0.3) is 5.91 Å². The van der Waals surface area contributed by atoms with E-state index < -0.39 is 15.1 Å². The minimum Gasteiger partial charge on any atom is -0.497 e. The molecule has 1 aliphatic heterocycles. The molecular weight excluding hydrogens is 414 g/mol. The van der Waals surface area contributed by atoms with E-state index >= 15 is 0 Å². The third kappa shape index (κ3) is 4.07. The number of nitrogens with zero attached hydrogens (tertiary/aromatic N) is 3. The molecule has 0 unspecified atom stereocenters. The zero-order chi connectivity index (χ0) is 22.0. The summed E-state index contributed by atoms with van der Waals surface area (Å²) in [6, 6.07) is 16.1. The zero-order valence-electron chi connectivity index (χ0n) is 17.6. The first kappa shape index (κ1) is 21.1. The molecule has 1 saturated heterocycles. The largest absolute Gasteiger partial charge is 0.497 e. The van der Waals surface area contributed by atoms with Crippen molar-refractivity contribution in [2.45, 2.75) is 29.9 Å². The smallest absolute Gasteiger partial charge is 0.257 e. The van der Waals surface area contributed by atoms with E-state index in [9.17, 15) is 13.2 Å². The fourth-order valence-electron chi connectivity index (χ4n) is 3.95. The normalized spacial score (nSPS) is 15.1. The fraction of sp³-hybridized carbons (Fsp3) is 0.304. The summed E-state index contributed by atoms with van der Waals surface area (Å²) in [6.45, 7) is 2.66. The Hall–Kier alpha value is -3.13.